The average Bonchev–Trinajstić information content (AvgIpc) is 1.64. The van der Waals surface area contributed by atoms with E-state index in [0.29, 0.717) is 64.2 Å². The van der Waals surface area contributed by atoms with Crippen LogP contribution in [0.4, 0.5) is 0 Å². The number of carbonyl (C=O) groups excluding carboxylic acids is 17. The number of para-hydroxylation sites is 2. The number of nitrogens with zero attached hydrogens (tertiary/aromatic N) is 6. The molecule has 0 radical (unpaired) electrons. The number of phenols is 1. The lowest BCUT2D eigenvalue weighted by atomic mass is 9.99. The topological polar surface area (TPSA) is 696 Å². The highest BCUT2D eigenvalue weighted by Gasteiger charge is 2.47. The Balaban J connectivity index is 1.24. The SMILES string of the molecule is CCCC[C@H]1C(=O)N(C)[C@@H](CCCC)C(=O)N[C@@H](CC(C)C)C(=O)N[C@H](C(=O)NCC(N)=O)CSCC(=O)N[C@@H](Cc2ccc(O)cc2)C(=O)N(C)[C@@H](C)C(=O)N[C@@H](CC(N)=O)C(=O)N2CCC[C@H]2C(=O)N[C@@H](CNC[C@H](O)[C@H](O)[C@H](O)CO)C(=O)N[C@@H](CC(C)C)C(=O)N2C[C@H](O)C[C@H]2C(=O)N[C@@H](Cc2c[nH]c3ccccc23)C(=O)N[C@@H](CCN)C(=O)N[C@@H](Cc2cn(CC(=O)O)c3ccccc23)C(=O)N1C. The number of benzene rings is 3. The van der Waals surface area contributed by atoms with Crippen LogP contribution in [-0.2, 0) is 112 Å². The first kappa shape index (κ1) is 115. The summed E-state index contributed by atoms with van der Waals surface area (Å²) >= 11 is 0.763. The maximum absolute atomic E-state index is 16.0. The highest BCUT2D eigenvalue weighted by molar-refractivity contribution is 8.00. The van der Waals surface area contributed by atoms with E-state index < -0.39 is 291 Å². The lowest BCUT2D eigenvalue weighted by molar-refractivity contribution is -0.149. The molecule has 46 nitrogen and oxygen atoms in total. The van der Waals surface area contributed by atoms with Crippen molar-refractivity contribution in [1.29, 1.82) is 0 Å². The van der Waals surface area contributed by atoms with Gasteiger partial charge in [0.15, 0.2) is 0 Å². The maximum Gasteiger partial charge on any atom is 0.323 e. The summed E-state index contributed by atoms with van der Waals surface area (Å²) in [4.78, 5) is 273. The molecule has 3 aliphatic rings. The maximum atomic E-state index is 16.0. The molecule has 5 aromatic rings. The lowest BCUT2D eigenvalue weighted by Gasteiger charge is -2.36. The molecule has 0 aliphatic carbocycles. The molecule has 17 amide bonds. The number of aromatic hydroxyl groups is 1. The number of carboxylic acids is 1. The van der Waals surface area contributed by atoms with Gasteiger partial charge in [0.2, 0.25) is 100 Å². The van der Waals surface area contributed by atoms with Gasteiger partial charge in [-0.3, -0.25) is 86.3 Å². The second kappa shape index (κ2) is 55.1. The first-order chi connectivity index (χ1) is 67.8. The molecule has 0 bridgehead atoms. The van der Waals surface area contributed by atoms with Crippen LogP contribution in [0.5, 0.6) is 5.75 Å². The molecule has 8 rings (SSSR count). The van der Waals surface area contributed by atoms with E-state index in [2.05, 4.69) is 63.5 Å². The number of aromatic nitrogens is 2. The number of likely N-dealkylation sites (N-methyl/N-ethyl adjacent to an activating group) is 3. The van der Waals surface area contributed by atoms with Crippen molar-refractivity contribution in [1.82, 2.24) is 92.5 Å². The van der Waals surface area contributed by atoms with Crippen molar-refractivity contribution < 1.29 is 122 Å². The molecule has 25 N–H and O–H groups in total. The van der Waals surface area contributed by atoms with Gasteiger partial charge in [-0.2, -0.15) is 0 Å². The monoisotopic (exact) mass is 2020 g/mol. The minimum atomic E-state index is -1.96. The third-order valence-corrected chi connectivity index (χ3v) is 26.6. The van der Waals surface area contributed by atoms with E-state index in [1.807, 2.05) is 13.8 Å². The zero-order valence-corrected chi connectivity index (χ0v) is 83.1. The van der Waals surface area contributed by atoms with Gasteiger partial charge in [-0.05, 0) is 111 Å². The van der Waals surface area contributed by atoms with Gasteiger partial charge < -0.3 is 145 Å². The summed E-state index contributed by atoms with van der Waals surface area (Å²) in [6.07, 6.45) is -5.53. The lowest BCUT2D eigenvalue weighted by Crippen LogP contribution is -2.62. The fourth-order valence-electron chi connectivity index (χ4n) is 17.6. The Morgan fingerprint density at radius 1 is 0.559 bits per heavy atom. The Bertz CT molecular complexity index is 5290. The van der Waals surface area contributed by atoms with Crippen LogP contribution >= 0.6 is 11.8 Å². The first-order valence-corrected chi connectivity index (χ1v) is 49.4. The number of rotatable bonds is 32. The molecule has 18 atom stereocenters. The largest absolute Gasteiger partial charge is 0.508 e. The number of carbonyl (C=O) groups is 18. The number of nitrogens with two attached hydrogens (primary N) is 3. The quantitative estimate of drug-likeness (QED) is 0.0193. The molecule has 143 heavy (non-hydrogen) atoms. The van der Waals surface area contributed by atoms with Crippen molar-refractivity contribution in [3.8, 4) is 5.75 Å². The molecule has 0 saturated carbocycles. The molecule has 2 aromatic heterocycles. The molecule has 3 saturated heterocycles. The number of hydrogen-bond acceptors (Lipinski definition) is 27. The Morgan fingerprint density at radius 2 is 1.11 bits per heavy atom. The van der Waals surface area contributed by atoms with Gasteiger partial charge in [-0.25, -0.2) is 0 Å². The van der Waals surface area contributed by atoms with Crippen LogP contribution in [-0.4, -0.2) is 364 Å². The number of hydrogen-bond donors (Lipinski definition) is 22. The van der Waals surface area contributed by atoms with Crippen molar-refractivity contribution in [2.24, 2.45) is 29.0 Å². The molecule has 0 unspecified atom stereocenters. The second-order valence-electron chi connectivity index (χ2n) is 37.5. The number of aliphatic hydroxyl groups is 5. The van der Waals surface area contributed by atoms with Crippen LogP contribution in [0, 0.1) is 11.8 Å². The normalized spacial score (nSPS) is 24.8. The molecule has 3 aliphatic heterocycles. The van der Waals surface area contributed by atoms with Crippen LogP contribution in [0.2, 0.25) is 0 Å². The van der Waals surface area contributed by atoms with Gasteiger partial charge in [0.05, 0.1) is 37.5 Å². The number of primary amides is 2. The average molecular weight is 2020 g/mol. The number of nitrogens with one attached hydrogen (secondary N) is 12. The van der Waals surface area contributed by atoms with E-state index in [4.69, 9.17) is 17.2 Å². The number of aliphatic hydroxyl groups excluding tert-OH is 5. The van der Waals surface area contributed by atoms with Crippen LogP contribution in [0.25, 0.3) is 21.8 Å². The van der Waals surface area contributed by atoms with Crippen molar-refractivity contribution in [2.45, 2.75) is 267 Å². The number of aromatic amines is 1. The summed E-state index contributed by atoms with van der Waals surface area (Å²) in [5.74, 6) is -19.8. The number of unbranched alkanes of at least 4 members (excludes halogenated alkanes) is 2. The highest BCUT2D eigenvalue weighted by atomic mass is 32.2. The van der Waals surface area contributed by atoms with Crippen molar-refractivity contribution in [3.05, 3.63) is 102 Å². The smallest absolute Gasteiger partial charge is 0.323 e. The number of fused-ring (bicyclic) bond motifs is 4. The Labute approximate surface area is 832 Å². The van der Waals surface area contributed by atoms with E-state index in [1.54, 1.807) is 82.4 Å². The number of carboxylic acid groups (broad SMARTS) is 1. The summed E-state index contributed by atoms with van der Waals surface area (Å²) in [7, 11) is 3.86. The fourth-order valence-corrected chi connectivity index (χ4v) is 18.5. The van der Waals surface area contributed by atoms with Gasteiger partial charge in [0.1, 0.15) is 109 Å². The minimum Gasteiger partial charge on any atom is -0.508 e. The van der Waals surface area contributed by atoms with E-state index in [-0.39, 0.29) is 82.5 Å². The molecule has 0 spiro atoms. The molecule has 3 aromatic carbocycles. The van der Waals surface area contributed by atoms with E-state index in [1.165, 1.54) is 63.1 Å². The number of H-pyrrole nitrogens is 1. The minimum absolute atomic E-state index is 0.0152. The van der Waals surface area contributed by atoms with Gasteiger partial charge >= 0.3 is 5.97 Å². The van der Waals surface area contributed by atoms with Crippen LogP contribution in [0.15, 0.2) is 85.2 Å². The number of aliphatic carboxylic acids is 1. The third-order valence-electron chi connectivity index (χ3n) is 25.5. The summed E-state index contributed by atoms with van der Waals surface area (Å²) in [5, 5.41) is 104. The predicted octanol–water partition coefficient (Wildman–Crippen LogP) is -4.53. The van der Waals surface area contributed by atoms with Crippen LogP contribution < -0.4 is 75.7 Å². The Kier molecular flexibility index (Phi) is 44.4. The highest BCUT2D eigenvalue weighted by Crippen LogP contribution is 2.29. The van der Waals surface area contributed by atoms with E-state index in [9.17, 15) is 83.7 Å². The number of thioether (sulfide) groups is 1. The van der Waals surface area contributed by atoms with Gasteiger partial charge in [0, 0.05) is 113 Å². The number of amides is 17. The van der Waals surface area contributed by atoms with Crippen molar-refractivity contribution >= 4 is 140 Å². The zero-order valence-electron chi connectivity index (χ0n) is 82.3. The summed E-state index contributed by atoms with van der Waals surface area (Å²) in [6, 6.07) is -3.35. The summed E-state index contributed by atoms with van der Waals surface area (Å²) in [5.41, 5.74) is 19.6. The van der Waals surface area contributed by atoms with Crippen LogP contribution in [0.1, 0.15) is 149 Å². The zero-order chi connectivity index (χ0) is 105. The third kappa shape index (κ3) is 32.8. The molecule has 3 fully saturated rings. The molecular weight excluding hydrogens is 1880 g/mol. The fraction of sp³-hybridized carbons (Fsp3) is 0.583. The van der Waals surface area contributed by atoms with E-state index >= 15 is 38.4 Å². The summed E-state index contributed by atoms with van der Waals surface area (Å²) in [6.45, 7) is 7.16. The van der Waals surface area contributed by atoms with Gasteiger partial charge in [0.25, 0.3) is 0 Å². The predicted molar refractivity (Wildman–Crippen MR) is 524 cm³/mol. The number of phenolic OH excluding ortho intramolecular Hbond substituents is 1. The molecule has 47 heteroatoms. The Morgan fingerprint density at radius 3 is 1.76 bits per heavy atom. The Hall–Kier alpha value is -12.9. The summed E-state index contributed by atoms with van der Waals surface area (Å²) < 4.78 is 1.43. The molecular formula is C96H141N21O25S. The second-order valence-corrected chi connectivity index (χ2v) is 38.6. The van der Waals surface area contributed by atoms with Crippen LogP contribution in [0.3, 0.4) is 0 Å². The van der Waals surface area contributed by atoms with Crippen molar-refractivity contribution in [2.75, 3.05) is 78.5 Å². The van der Waals surface area contributed by atoms with E-state index in [0.717, 1.165) is 36.3 Å². The molecule has 5 heterocycles. The first-order valence-electron chi connectivity index (χ1n) is 48.2. The van der Waals surface area contributed by atoms with Gasteiger partial charge in [-0.15, -0.1) is 11.8 Å². The standard InChI is InChI=1S/C96H141N21O25S/c1-11-13-23-72-89(135)105-63(34-51(3)4)86(132)111-70(84(130)102-44-79(99)124)49-143-50-80(125)103-66(36-54-27-29-57(119)30-28-54)92(138)112(8)53(7)83(129)107-68(40-78(98)123)94(140)116-33-19-26-73(116)90(136)110-69(42-100-43-76(121)82(128)77(122)48-118)88(134)108-65(35-52(5)6)95(141)117-46-58(120)39-75(117)91(137)106-64(37-55-41-101-61-22-17-15-20-59(55)61)87(133)104-62(31-32-97)85(131)109-67(93(139)114(10)74(24-14-12-2)96(142)113(72)9)38-56-45-115(47-81(126)127)71-25-18-16-21-60(56)71/h15-18,20-22,25,27-30,41,45,51-53,58,62-70,72-77,82,100-101,118-122,128H,11-14,19,23-24,26,31-40,42-44,46-50,97H2,1-10H3,(H2,98,123)(H2,99,124)(H,102,130)(H,103,125)(H,104,133)(H,105,135)(H,106,137)(H,107,129)(H,108,134)(H,109,131)(H,110,136)(H,111,132)(H,126,127)/t53-,58+,62-,63-,64-,65-,66-,67-,68-,69-,70-,72-,73-,74-,75-,76-,77+,82-/m0/s1. The van der Waals surface area contributed by atoms with Crippen molar-refractivity contribution in [3.63, 3.8) is 0 Å². The van der Waals surface area contributed by atoms with Gasteiger partial charge in [-0.1, -0.05) is 116 Å². The molecule has 786 valence electrons.